The van der Waals surface area contributed by atoms with E-state index < -0.39 is 0 Å². The summed E-state index contributed by atoms with van der Waals surface area (Å²) in [6.45, 7) is 3.98. The number of hydrogen-bond donors (Lipinski definition) is 0. The minimum Gasteiger partial charge on any atom is -0.487 e. The Kier molecular flexibility index (Phi) is 3.09. The van der Waals surface area contributed by atoms with Gasteiger partial charge in [0.15, 0.2) is 11.6 Å². The van der Waals surface area contributed by atoms with Crippen LogP contribution in [-0.4, -0.2) is 44.2 Å². The minimum absolute atomic E-state index is 0.201. The zero-order valence-electron chi connectivity index (χ0n) is 10.8. The molecule has 3 rings (SSSR count). The van der Waals surface area contributed by atoms with E-state index in [2.05, 4.69) is 16.8 Å². The number of nitrogens with zero attached hydrogens (tertiary/aromatic N) is 2. The molecule has 0 radical (unpaired) electrons. The van der Waals surface area contributed by atoms with Crippen LogP contribution in [0.25, 0.3) is 0 Å². The number of fused-ring (bicyclic) bond motifs is 3. The molecule has 0 N–H and O–H groups in total. The van der Waals surface area contributed by atoms with Gasteiger partial charge in [-0.3, -0.25) is 0 Å². The highest BCUT2D eigenvalue weighted by atomic mass is 16.7. The highest BCUT2D eigenvalue weighted by Crippen LogP contribution is 2.38. The normalized spacial score (nSPS) is 25.6. The number of rotatable bonds is 3. The van der Waals surface area contributed by atoms with Gasteiger partial charge in [-0.2, -0.15) is 0 Å². The standard InChI is InChI=1S/C13H18N2O3/c1-9-3-4-14-13-12(9)17-7-10-5-11(6-15(10)13)18-8-16-2/h3-4,10-11H,5-8H2,1-2H3/t10-,11?/m0/s1. The monoisotopic (exact) mass is 250 g/mol. The maximum atomic E-state index is 5.83. The number of ether oxygens (including phenoxy) is 3. The summed E-state index contributed by atoms with van der Waals surface area (Å²) in [5.74, 6) is 1.87. The average Bonchev–Trinajstić information content (AvgIpc) is 2.80. The van der Waals surface area contributed by atoms with E-state index in [1.54, 1.807) is 7.11 Å². The quantitative estimate of drug-likeness (QED) is 0.758. The van der Waals surface area contributed by atoms with Crippen molar-refractivity contribution in [2.24, 2.45) is 0 Å². The second-order valence-corrected chi connectivity index (χ2v) is 4.83. The van der Waals surface area contributed by atoms with Gasteiger partial charge in [0.25, 0.3) is 0 Å². The Morgan fingerprint density at radius 2 is 2.44 bits per heavy atom. The fourth-order valence-electron chi connectivity index (χ4n) is 2.67. The van der Waals surface area contributed by atoms with E-state index in [1.165, 1.54) is 0 Å². The first-order valence-corrected chi connectivity index (χ1v) is 6.25. The van der Waals surface area contributed by atoms with Crippen LogP contribution in [0.4, 0.5) is 5.82 Å². The average molecular weight is 250 g/mol. The molecule has 1 aromatic rings. The zero-order chi connectivity index (χ0) is 12.5. The lowest BCUT2D eigenvalue weighted by Crippen LogP contribution is -2.39. The highest BCUT2D eigenvalue weighted by Gasteiger charge is 2.38. The number of aromatic nitrogens is 1. The molecule has 2 aliphatic heterocycles. The molecule has 0 aromatic carbocycles. The van der Waals surface area contributed by atoms with E-state index in [1.807, 2.05) is 12.3 Å². The van der Waals surface area contributed by atoms with Crippen LogP contribution >= 0.6 is 0 Å². The summed E-state index contributed by atoms with van der Waals surface area (Å²) < 4.78 is 16.4. The Hall–Kier alpha value is -1.33. The van der Waals surface area contributed by atoms with Crippen molar-refractivity contribution in [2.75, 3.05) is 32.0 Å². The summed E-state index contributed by atoms with van der Waals surface area (Å²) in [5.41, 5.74) is 1.14. The molecule has 0 spiro atoms. The van der Waals surface area contributed by atoms with E-state index in [9.17, 15) is 0 Å². The molecule has 1 aromatic heterocycles. The number of methoxy groups -OCH3 is 1. The van der Waals surface area contributed by atoms with Crippen LogP contribution in [-0.2, 0) is 9.47 Å². The lowest BCUT2D eigenvalue weighted by atomic mass is 10.1. The van der Waals surface area contributed by atoms with Gasteiger partial charge in [0.1, 0.15) is 13.4 Å². The molecular weight excluding hydrogens is 232 g/mol. The van der Waals surface area contributed by atoms with E-state index in [4.69, 9.17) is 14.2 Å². The Bertz CT molecular complexity index is 438. The van der Waals surface area contributed by atoms with Crippen molar-refractivity contribution in [3.05, 3.63) is 17.8 Å². The van der Waals surface area contributed by atoms with E-state index >= 15 is 0 Å². The van der Waals surface area contributed by atoms with Crippen molar-refractivity contribution in [1.29, 1.82) is 0 Å². The van der Waals surface area contributed by atoms with Crippen LogP contribution in [0.15, 0.2) is 12.3 Å². The van der Waals surface area contributed by atoms with Crippen LogP contribution in [0.5, 0.6) is 5.75 Å². The first-order valence-electron chi connectivity index (χ1n) is 6.25. The van der Waals surface area contributed by atoms with Gasteiger partial charge in [0.2, 0.25) is 0 Å². The number of hydrogen-bond acceptors (Lipinski definition) is 5. The van der Waals surface area contributed by atoms with Crippen molar-refractivity contribution < 1.29 is 14.2 Å². The molecule has 0 saturated carbocycles. The van der Waals surface area contributed by atoms with E-state index in [-0.39, 0.29) is 6.10 Å². The molecular formula is C13H18N2O3. The van der Waals surface area contributed by atoms with Crippen LogP contribution in [0.1, 0.15) is 12.0 Å². The molecule has 2 atom stereocenters. The summed E-state index contributed by atoms with van der Waals surface area (Å²) >= 11 is 0. The van der Waals surface area contributed by atoms with Gasteiger partial charge in [0, 0.05) is 19.9 Å². The summed E-state index contributed by atoms with van der Waals surface area (Å²) in [5, 5.41) is 0. The van der Waals surface area contributed by atoms with Crippen molar-refractivity contribution in [2.45, 2.75) is 25.5 Å². The zero-order valence-corrected chi connectivity index (χ0v) is 10.8. The lowest BCUT2D eigenvalue weighted by Gasteiger charge is -2.32. The van der Waals surface area contributed by atoms with Crippen LogP contribution in [0.3, 0.4) is 0 Å². The van der Waals surface area contributed by atoms with E-state index in [0.717, 1.165) is 30.1 Å². The highest BCUT2D eigenvalue weighted by molar-refractivity contribution is 5.59. The summed E-state index contributed by atoms with van der Waals surface area (Å²) in [7, 11) is 1.64. The Morgan fingerprint density at radius 3 is 3.28 bits per heavy atom. The molecule has 1 saturated heterocycles. The summed E-state index contributed by atoms with van der Waals surface area (Å²) in [4.78, 5) is 6.75. The Morgan fingerprint density at radius 1 is 1.56 bits per heavy atom. The van der Waals surface area contributed by atoms with Gasteiger partial charge in [-0.15, -0.1) is 0 Å². The lowest BCUT2D eigenvalue weighted by molar-refractivity contribution is -0.0647. The largest absolute Gasteiger partial charge is 0.487 e. The van der Waals surface area contributed by atoms with Crippen molar-refractivity contribution in [3.8, 4) is 5.75 Å². The number of aryl methyl sites for hydroxylation is 1. The Labute approximate surface area is 107 Å². The molecule has 3 heterocycles. The Balaban J connectivity index is 1.80. The molecule has 0 aliphatic carbocycles. The maximum absolute atomic E-state index is 5.83. The van der Waals surface area contributed by atoms with Crippen LogP contribution in [0, 0.1) is 6.92 Å². The van der Waals surface area contributed by atoms with Gasteiger partial charge >= 0.3 is 0 Å². The molecule has 5 heteroatoms. The first kappa shape index (κ1) is 11.7. The topological polar surface area (TPSA) is 43.8 Å². The molecule has 2 aliphatic rings. The van der Waals surface area contributed by atoms with Crippen LogP contribution in [0.2, 0.25) is 0 Å². The third-order valence-corrected chi connectivity index (χ3v) is 3.57. The summed E-state index contributed by atoms with van der Waals surface area (Å²) in [6, 6.07) is 2.35. The molecule has 1 fully saturated rings. The minimum atomic E-state index is 0.201. The van der Waals surface area contributed by atoms with Crippen molar-refractivity contribution in [1.82, 2.24) is 4.98 Å². The smallest absolute Gasteiger partial charge is 0.172 e. The van der Waals surface area contributed by atoms with Gasteiger partial charge in [-0.25, -0.2) is 4.98 Å². The molecule has 98 valence electrons. The van der Waals surface area contributed by atoms with Gasteiger partial charge < -0.3 is 19.1 Å². The van der Waals surface area contributed by atoms with Crippen LogP contribution < -0.4 is 9.64 Å². The molecule has 18 heavy (non-hydrogen) atoms. The van der Waals surface area contributed by atoms with E-state index in [0.29, 0.717) is 19.4 Å². The third-order valence-electron chi connectivity index (χ3n) is 3.57. The van der Waals surface area contributed by atoms with Gasteiger partial charge in [-0.1, -0.05) is 0 Å². The first-order chi connectivity index (χ1) is 8.79. The number of anilines is 1. The maximum Gasteiger partial charge on any atom is 0.172 e. The predicted molar refractivity (Wildman–Crippen MR) is 67.0 cm³/mol. The van der Waals surface area contributed by atoms with Crippen molar-refractivity contribution in [3.63, 3.8) is 0 Å². The predicted octanol–water partition coefficient (Wildman–Crippen LogP) is 1.35. The summed E-state index contributed by atoms with van der Waals surface area (Å²) in [6.07, 6.45) is 3.01. The number of pyridine rings is 1. The molecule has 1 unspecified atom stereocenters. The van der Waals surface area contributed by atoms with Gasteiger partial charge in [-0.05, 0) is 25.0 Å². The molecule has 0 amide bonds. The second kappa shape index (κ2) is 4.74. The fourth-order valence-corrected chi connectivity index (χ4v) is 2.67. The van der Waals surface area contributed by atoms with Gasteiger partial charge in [0.05, 0.1) is 12.1 Å². The third kappa shape index (κ3) is 1.93. The molecule has 0 bridgehead atoms. The molecule has 5 nitrogen and oxygen atoms in total. The second-order valence-electron chi connectivity index (χ2n) is 4.83. The fraction of sp³-hybridized carbons (Fsp3) is 0.615. The van der Waals surface area contributed by atoms with Crippen molar-refractivity contribution >= 4 is 5.82 Å². The SMILES string of the molecule is COCOC1C[C@H]2COc3c(C)ccnc3N2C1.